The minimum Gasteiger partial charge on any atom is -0.496 e. The van der Waals surface area contributed by atoms with Crippen LogP contribution in [0, 0.1) is 6.92 Å². The zero-order chi connectivity index (χ0) is 15.0. The maximum absolute atomic E-state index is 5.99. The minimum atomic E-state index is 0.227. The van der Waals surface area contributed by atoms with E-state index in [0.29, 0.717) is 6.54 Å². The Bertz CT molecular complexity index is 396. The Hall–Kier alpha value is -1.10. The molecular weight excluding hydrogens is 252 g/mol. The number of methoxy groups -OCH3 is 1. The molecule has 1 aromatic carbocycles. The van der Waals surface area contributed by atoms with Crippen LogP contribution in [0.1, 0.15) is 31.0 Å². The molecule has 4 heteroatoms. The van der Waals surface area contributed by atoms with Crippen LogP contribution in [-0.2, 0) is 4.74 Å². The van der Waals surface area contributed by atoms with Crippen LogP contribution in [-0.4, -0.2) is 44.9 Å². The first-order valence-electron chi connectivity index (χ1n) is 7.34. The number of hydrogen-bond donors (Lipinski definition) is 1. The summed E-state index contributed by atoms with van der Waals surface area (Å²) in [5.74, 6) is 0.918. The molecule has 0 saturated heterocycles. The van der Waals surface area contributed by atoms with Crippen molar-refractivity contribution in [1.29, 1.82) is 0 Å². The van der Waals surface area contributed by atoms with E-state index in [-0.39, 0.29) is 6.04 Å². The summed E-state index contributed by atoms with van der Waals surface area (Å²) >= 11 is 0. The maximum atomic E-state index is 5.99. The highest BCUT2D eigenvalue weighted by molar-refractivity contribution is 5.37. The van der Waals surface area contributed by atoms with Crippen molar-refractivity contribution < 1.29 is 9.47 Å². The van der Waals surface area contributed by atoms with E-state index in [0.717, 1.165) is 37.6 Å². The van der Waals surface area contributed by atoms with Gasteiger partial charge in [0, 0.05) is 25.7 Å². The molecule has 0 radical (unpaired) electrons. The van der Waals surface area contributed by atoms with Crippen LogP contribution in [0.25, 0.3) is 0 Å². The van der Waals surface area contributed by atoms with E-state index in [1.54, 1.807) is 7.11 Å². The molecule has 0 saturated carbocycles. The van der Waals surface area contributed by atoms with Crippen molar-refractivity contribution in [3.05, 3.63) is 29.3 Å². The van der Waals surface area contributed by atoms with Crippen LogP contribution < -0.4 is 10.5 Å². The van der Waals surface area contributed by atoms with E-state index in [2.05, 4.69) is 30.9 Å². The molecule has 20 heavy (non-hydrogen) atoms. The number of nitrogens with zero attached hydrogens (tertiary/aromatic N) is 1. The normalized spacial score (nSPS) is 12.7. The van der Waals surface area contributed by atoms with Crippen LogP contribution in [0.2, 0.25) is 0 Å². The summed E-state index contributed by atoms with van der Waals surface area (Å²) in [4.78, 5) is 2.36. The molecule has 1 rings (SSSR count). The Morgan fingerprint density at radius 1 is 1.30 bits per heavy atom. The smallest absolute Gasteiger partial charge is 0.121 e. The zero-order valence-corrected chi connectivity index (χ0v) is 13.2. The van der Waals surface area contributed by atoms with Gasteiger partial charge in [0.25, 0.3) is 0 Å². The summed E-state index contributed by atoms with van der Waals surface area (Å²) in [6, 6.07) is 6.51. The largest absolute Gasteiger partial charge is 0.496 e. The Morgan fingerprint density at radius 3 is 2.55 bits per heavy atom. The van der Waals surface area contributed by atoms with Crippen LogP contribution in [0.5, 0.6) is 5.75 Å². The third-order valence-corrected chi connectivity index (χ3v) is 3.60. The summed E-state index contributed by atoms with van der Waals surface area (Å²) in [7, 11) is 1.70. The first kappa shape index (κ1) is 17.0. The highest BCUT2D eigenvalue weighted by Gasteiger charge is 2.18. The second-order valence-corrected chi connectivity index (χ2v) is 4.81. The van der Waals surface area contributed by atoms with Crippen molar-refractivity contribution in [3.63, 3.8) is 0 Å². The molecule has 0 aromatic heterocycles. The lowest BCUT2D eigenvalue weighted by atomic mass is 10.0. The lowest BCUT2D eigenvalue weighted by Gasteiger charge is -2.30. The predicted molar refractivity (Wildman–Crippen MR) is 83.3 cm³/mol. The summed E-state index contributed by atoms with van der Waals surface area (Å²) in [5, 5.41) is 0. The van der Waals surface area contributed by atoms with Crippen LogP contribution in [0.3, 0.4) is 0 Å². The van der Waals surface area contributed by atoms with Crippen LogP contribution in [0.15, 0.2) is 18.2 Å². The van der Waals surface area contributed by atoms with Gasteiger partial charge in [-0.1, -0.05) is 19.1 Å². The van der Waals surface area contributed by atoms with E-state index < -0.39 is 0 Å². The molecular formula is C16H28N2O2. The molecule has 0 bridgehead atoms. The monoisotopic (exact) mass is 280 g/mol. The lowest BCUT2D eigenvalue weighted by molar-refractivity contribution is 0.0980. The fourth-order valence-corrected chi connectivity index (χ4v) is 2.47. The first-order chi connectivity index (χ1) is 9.67. The quantitative estimate of drug-likeness (QED) is 0.705. The molecule has 0 amide bonds. The van der Waals surface area contributed by atoms with E-state index >= 15 is 0 Å². The van der Waals surface area contributed by atoms with Gasteiger partial charge in [-0.25, -0.2) is 0 Å². The van der Waals surface area contributed by atoms with Crippen molar-refractivity contribution in [2.24, 2.45) is 5.73 Å². The molecule has 0 fully saturated rings. The predicted octanol–water partition coefficient (Wildman–Crippen LogP) is 2.36. The molecule has 1 unspecified atom stereocenters. The molecule has 0 spiro atoms. The Kier molecular flexibility index (Phi) is 7.59. The first-order valence-corrected chi connectivity index (χ1v) is 7.34. The van der Waals surface area contributed by atoms with Gasteiger partial charge in [-0.05, 0) is 37.6 Å². The van der Waals surface area contributed by atoms with Gasteiger partial charge in [0.1, 0.15) is 5.75 Å². The zero-order valence-electron chi connectivity index (χ0n) is 13.2. The van der Waals surface area contributed by atoms with E-state index in [1.165, 1.54) is 5.56 Å². The number of ether oxygens (including phenoxy) is 2. The summed E-state index contributed by atoms with van der Waals surface area (Å²) in [5.41, 5.74) is 8.38. The van der Waals surface area contributed by atoms with Gasteiger partial charge >= 0.3 is 0 Å². The third kappa shape index (κ3) is 4.47. The third-order valence-electron chi connectivity index (χ3n) is 3.60. The number of aryl methyl sites for hydroxylation is 1. The highest BCUT2D eigenvalue weighted by Crippen LogP contribution is 2.25. The van der Waals surface area contributed by atoms with Gasteiger partial charge in [0.2, 0.25) is 0 Å². The topological polar surface area (TPSA) is 47.7 Å². The lowest BCUT2D eigenvalue weighted by Crippen LogP contribution is -2.36. The average molecular weight is 280 g/mol. The van der Waals surface area contributed by atoms with Crippen molar-refractivity contribution in [2.75, 3.05) is 40.0 Å². The molecule has 0 heterocycles. The van der Waals surface area contributed by atoms with E-state index in [1.807, 2.05) is 13.0 Å². The fourth-order valence-electron chi connectivity index (χ4n) is 2.47. The molecule has 2 N–H and O–H groups in total. The summed E-state index contributed by atoms with van der Waals surface area (Å²) in [6.45, 7) is 10.2. The van der Waals surface area contributed by atoms with Crippen molar-refractivity contribution in [2.45, 2.75) is 26.8 Å². The van der Waals surface area contributed by atoms with Gasteiger partial charge in [-0.2, -0.15) is 0 Å². The highest BCUT2D eigenvalue weighted by atomic mass is 16.5. The van der Waals surface area contributed by atoms with E-state index in [9.17, 15) is 0 Å². The fraction of sp³-hybridized carbons (Fsp3) is 0.625. The van der Waals surface area contributed by atoms with Gasteiger partial charge in [0.05, 0.1) is 13.7 Å². The standard InChI is InChI=1S/C16H28N2O2/c1-5-18(9-10-20-6-2)15(12-17)14-7-8-16(19-4)13(3)11-14/h7-8,11,15H,5-6,9-10,12,17H2,1-4H3. The van der Waals surface area contributed by atoms with Crippen molar-refractivity contribution in [1.82, 2.24) is 4.90 Å². The number of hydrogen-bond acceptors (Lipinski definition) is 4. The molecule has 1 aromatic rings. The van der Waals surface area contributed by atoms with Gasteiger partial charge in [-0.3, -0.25) is 4.90 Å². The average Bonchev–Trinajstić information content (AvgIpc) is 2.46. The summed E-state index contributed by atoms with van der Waals surface area (Å²) in [6.07, 6.45) is 0. The summed E-state index contributed by atoms with van der Waals surface area (Å²) < 4.78 is 10.8. The van der Waals surface area contributed by atoms with E-state index in [4.69, 9.17) is 15.2 Å². The Balaban J connectivity index is 2.84. The number of benzene rings is 1. The molecule has 0 aliphatic carbocycles. The maximum Gasteiger partial charge on any atom is 0.121 e. The minimum absolute atomic E-state index is 0.227. The van der Waals surface area contributed by atoms with Crippen LogP contribution in [0.4, 0.5) is 0 Å². The van der Waals surface area contributed by atoms with Crippen LogP contribution >= 0.6 is 0 Å². The van der Waals surface area contributed by atoms with Crippen molar-refractivity contribution in [3.8, 4) is 5.75 Å². The molecule has 1 atom stereocenters. The SMILES string of the molecule is CCOCCN(CC)C(CN)c1ccc(OC)c(C)c1. The Morgan fingerprint density at radius 2 is 2.05 bits per heavy atom. The molecule has 0 aliphatic heterocycles. The van der Waals surface area contributed by atoms with Crippen molar-refractivity contribution >= 4 is 0 Å². The number of rotatable bonds is 9. The molecule has 0 aliphatic rings. The van der Waals surface area contributed by atoms with Gasteiger partial charge in [-0.15, -0.1) is 0 Å². The second-order valence-electron chi connectivity index (χ2n) is 4.81. The van der Waals surface area contributed by atoms with Gasteiger partial charge < -0.3 is 15.2 Å². The Labute approximate surface area is 122 Å². The molecule has 4 nitrogen and oxygen atoms in total. The van der Waals surface area contributed by atoms with Gasteiger partial charge in [0.15, 0.2) is 0 Å². The number of likely N-dealkylation sites (N-methyl/N-ethyl adjacent to an activating group) is 1. The number of nitrogens with two attached hydrogens (primary N) is 1. The second kappa shape index (κ2) is 8.95. The molecule has 114 valence electrons.